The molecular weight excluding hydrogens is 344 g/mol. The van der Waals surface area contributed by atoms with Crippen LogP contribution in [0.4, 0.5) is 5.69 Å². The zero-order valence-corrected chi connectivity index (χ0v) is 17.2. The number of nitrogens with one attached hydrogen (secondary N) is 1. The fourth-order valence-electron chi connectivity index (χ4n) is 2.62. The Balaban J connectivity index is 2.10. The van der Waals surface area contributed by atoms with Crippen molar-refractivity contribution in [2.75, 3.05) is 24.7 Å². The Hall–Kier alpha value is -2.08. The van der Waals surface area contributed by atoms with E-state index in [0.29, 0.717) is 12.1 Å². The summed E-state index contributed by atoms with van der Waals surface area (Å²) in [6.45, 7) is 8.62. The highest BCUT2D eigenvalue weighted by Crippen LogP contribution is 2.23. The standard InChI is InChI=1S/C20H28N4OS/c1-13(2)18-22-15(4)17(20(23-18)26-6)19(25)21-12-14(3)24(5)16-10-8-7-9-11-16/h7-11,13-14H,12H2,1-6H3,(H,21,25). The second-order valence-electron chi connectivity index (χ2n) is 6.71. The molecule has 1 atom stereocenters. The zero-order chi connectivity index (χ0) is 19.3. The Labute approximate surface area is 160 Å². The van der Waals surface area contributed by atoms with Crippen molar-refractivity contribution in [1.82, 2.24) is 15.3 Å². The lowest BCUT2D eigenvalue weighted by molar-refractivity contribution is 0.0946. The molecule has 0 bridgehead atoms. The van der Waals surface area contributed by atoms with Crippen LogP contribution in [0.3, 0.4) is 0 Å². The quantitative estimate of drug-likeness (QED) is 0.590. The molecule has 140 valence electrons. The van der Waals surface area contributed by atoms with E-state index in [2.05, 4.69) is 53.1 Å². The largest absolute Gasteiger partial charge is 0.370 e. The van der Waals surface area contributed by atoms with Crippen LogP contribution < -0.4 is 10.2 Å². The SMILES string of the molecule is CSc1nc(C(C)C)nc(C)c1C(=O)NCC(C)N(C)c1ccccc1. The van der Waals surface area contributed by atoms with Crippen LogP contribution in [-0.2, 0) is 0 Å². The van der Waals surface area contributed by atoms with Gasteiger partial charge in [-0.25, -0.2) is 9.97 Å². The molecule has 0 aliphatic carbocycles. The fourth-order valence-corrected chi connectivity index (χ4v) is 3.25. The lowest BCUT2D eigenvalue weighted by atomic mass is 10.1. The molecule has 1 amide bonds. The minimum Gasteiger partial charge on any atom is -0.370 e. The van der Waals surface area contributed by atoms with E-state index in [4.69, 9.17) is 0 Å². The topological polar surface area (TPSA) is 58.1 Å². The molecule has 0 saturated heterocycles. The summed E-state index contributed by atoms with van der Waals surface area (Å²) in [5, 5.41) is 3.78. The van der Waals surface area contributed by atoms with E-state index in [0.717, 1.165) is 22.2 Å². The lowest BCUT2D eigenvalue weighted by Crippen LogP contribution is -2.40. The number of aryl methyl sites for hydroxylation is 1. The minimum atomic E-state index is -0.115. The molecule has 0 radical (unpaired) electrons. The van der Waals surface area contributed by atoms with Crippen molar-refractivity contribution in [2.45, 2.75) is 44.7 Å². The highest BCUT2D eigenvalue weighted by Gasteiger charge is 2.20. The Morgan fingerprint density at radius 2 is 1.85 bits per heavy atom. The van der Waals surface area contributed by atoms with Gasteiger partial charge in [-0.1, -0.05) is 32.0 Å². The van der Waals surface area contributed by atoms with Crippen LogP contribution in [-0.4, -0.2) is 41.8 Å². The summed E-state index contributed by atoms with van der Waals surface area (Å²) in [5.41, 5.74) is 2.44. The van der Waals surface area contributed by atoms with Crippen LogP contribution in [0.2, 0.25) is 0 Å². The normalized spacial score (nSPS) is 12.1. The minimum absolute atomic E-state index is 0.115. The van der Waals surface area contributed by atoms with Crippen molar-refractivity contribution >= 4 is 23.4 Å². The van der Waals surface area contributed by atoms with Gasteiger partial charge in [0, 0.05) is 31.2 Å². The maximum absolute atomic E-state index is 12.8. The summed E-state index contributed by atoms with van der Waals surface area (Å²) in [6.07, 6.45) is 1.94. The predicted octanol–water partition coefficient (Wildman–Crippen LogP) is 3.89. The number of amides is 1. The van der Waals surface area contributed by atoms with Crippen molar-refractivity contribution in [3.8, 4) is 0 Å². The van der Waals surface area contributed by atoms with Crippen molar-refractivity contribution in [3.63, 3.8) is 0 Å². The van der Waals surface area contributed by atoms with Crippen molar-refractivity contribution in [2.24, 2.45) is 0 Å². The zero-order valence-electron chi connectivity index (χ0n) is 16.4. The monoisotopic (exact) mass is 372 g/mol. The number of hydrogen-bond donors (Lipinski definition) is 1. The van der Waals surface area contributed by atoms with Crippen molar-refractivity contribution < 1.29 is 4.79 Å². The van der Waals surface area contributed by atoms with Gasteiger partial charge in [0.1, 0.15) is 10.9 Å². The first kappa shape index (κ1) is 20.2. The molecule has 26 heavy (non-hydrogen) atoms. The van der Waals surface area contributed by atoms with Gasteiger partial charge in [0.15, 0.2) is 0 Å². The van der Waals surface area contributed by atoms with Crippen molar-refractivity contribution in [3.05, 3.63) is 47.4 Å². The molecule has 1 aromatic carbocycles. The van der Waals surface area contributed by atoms with Crippen LogP contribution in [0.5, 0.6) is 0 Å². The lowest BCUT2D eigenvalue weighted by Gasteiger charge is -2.27. The van der Waals surface area contributed by atoms with Gasteiger partial charge in [-0.15, -0.1) is 11.8 Å². The number of rotatable bonds is 7. The first-order valence-corrected chi connectivity index (χ1v) is 10.1. The van der Waals surface area contributed by atoms with Crippen molar-refractivity contribution in [1.29, 1.82) is 0 Å². The molecule has 0 aliphatic heterocycles. The Morgan fingerprint density at radius 1 is 1.19 bits per heavy atom. The molecule has 0 fully saturated rings. The Morgan fingerprint density at radius 3 is 2.42 bits per heavy atom. The number of thioether (sulfide) groups is 1. The highest BCUT2D eigenvalue weighted by atomic mass is 32.2. The van der Waals surface area contributed by atoms with Gasteiger partial charge in [-0.3, -0.25) is 4.79 Å². The molecule has 1 N–H and O–H groups in total. The number of anilines is 1. The van der Waals surface area contributed by atoms with E-state index in [1.165, 1.54) is 11.8 Å². The first-order chi connectivity index (χ1) is 12.3. The molecule has 1 heterocycles. The molecule has 5 nitrogen and oxygen atoms in total. The number of nitrogens with zero attached hydrogens (tertiary/aromatic N) is 3. The molecule has 6 heteroatoms. The van der Waals surface area contributed by atoms with Gasteiger partial charge in [0.05, 0.1) is 11.3 Å². The maximum Gasteiger partial charge on any atom is 0.255 e. The number of hydrogen-bond acceptors (Lipinski definition) is 5. The fraction of sp³-hybridized carbons (Fsp3) is 0.450. The van der Waals surface area contributed by atoms with Crippen LogP contribution in [0.15, 0.2) is 35.4 Å². The van der Waals surface area contributed by atoms with E-state index in [1.54, 1.807) is 0 Å². The first-order valence-electron chi connectivity index (χ1n) is 8.83. The molecule has 1 aromatic heterocycles. The molecule has 1 unspecified atom stereocenters. The van der Waals surface area contributed by atoms with E-state index in [1.807, 2.05) is 38.4 Å². The van der Waals surface area contributed by atoms with Gasteiger partial charge in [-0.2, -0.15) is 0 Å². The van der Waals surface area contributed by atoms with Gasteiger partial charge >= 0.3 is 0 Å². The third-order valence-corrected chi connectivity index (χ3v) is 5.08. The molecule has 0 spiro atoms. The van der Waals surface area contributed by atoms with E-state index in [-0.39, 0.29) is 17.9 Å². The van der Waals surface area contributed by atoms with E-state index in [9.17, 15) is 4.79 Å². The molecule has 2 rings (SSSR count). The van der Waals surface area contributed by atoms with Crippen LogP contribution in [0, 0.1) is 6.92 Å². The summed E-state index contributed by atoms with van der Waals surface area (Å²) in [6, 6.07) is 10.3. The van der Waals surface area contributed by atoms with E-state index >= 15 is 0 Å². The second-order valence-corrected chi connectivity index (χ2v) is 7.51. The Bertz CT molecular complexity index is 749. The summed E-state index contributed by atoms with van der Waals surface area (Å²) in [7, 11) is 2.03. The van der Waals surface area contributed by atoms with Crippen LogP contribution >= 0.6 is 11.8 Å². The van der Waals surface area contributed by atoms with Gasteiger partial charge < -0.3 is 10.2 Å². The Kier molecular flexibility index (Phi) is 7.03. The van der Waals surface area contributed by atoms with Gasteiger partial charge in [-0.05, 0) is 32.2 Å². The molecular formula is C20H28N4OS. The summed E-state index contributed by atoms with van der Waals surface area (Å²) < 4.78 is 0. The molecule has 2 aromatic rings. The van der Waals surface area contributed by atoms with E-state index < -0.39 is 0 Å². The smallest absolute Gasteiger partial charge is 0.255 e. The summed E-state index contributed by atoms with van der Waals surface area (Å²) >= 11 is 1.48. The third kappa shape index (κ3) is 4.75. The van der Waals surface area contributed by atoms with Crippen LogP contribution in [0.1, 0.15) is 48.6 Å². The molecule has 0 saturated carbocycles. The average Bonchev–Trinajstić information content (AvgIpc) is 2.64. The predicted molar refractivity (Wildman–Crippen MR) is 109 cm³/mol. The number of para-hydroxylation sites is 1. The highest BCUT2D eigenvalue weighted by molar-refractivity contribution is 7.98. The van der Waals surface area contributed by atoms with Crippen LogP contribution in [0.25, 0.3) is 0 Å². The maximum atomic E-state index is 12.8. The second kappa shape index (κ2) is 9.03. The third-order valence-electron chi connectivity index (χ3n) is 4.39. The van der Waals surface area contributed by atoms with Gasteiger partial charge in [0.25, 0.3) is 5.91 Å². The summed E-state index contributed by atoms with van der Waals surface area (Å²) in [4.78, 5) is 24.0. The number of benzene rings is 1. The average molecular weight is 373 g/mol. The number of carbonyl (C=O) groups is 1. The molecule has 0 aliphatic rings. The number of carbonyl (C=O) groups excluding carboxylic acids is 1. The summed E-state index contributed by atoms with van der Waals surface area (Å²) in [5.74, 6) is 0.896. The number of aromatic nitrogens is 2. The number of likely N-dealkylation sites (N-methyl/N-ethyl adjacent to an activating group) is 1. The van der Waals surface area contributed by atoms with Gasteiger partial charge in [0.2, 0.25) is 0 Å².